The van der Waals surface area contributed by atoms with Crippen LogP contribution in [0.4, 0.5) is 13.2 Å². The fraction of sp³-hybridized carbons (Fsp3) is 0.182. The van der Waals surface area contributed by atoms with Gasteiger partial charge in [0.15, 0.2) is 0 Å². The summed E-state index contributed by atoms with van der Waals surface area (Å²) in [6.07, 6.45) is 1.65. The van der Waals surface area contributed by atoms with Crippen LogP contribution in [0.2, 0.25) is 0 Å². The summed E-state index contributed by atoms with van der Waals surface area (Å²) in [5.41, 5.74) is 2.44. The van der Waals surface area contributed by atoms with Crippen molar-refractivity contribution in [3.63, 3.8) is 0 Å². The Hall–Kier alpha value is -1.05. The van der Waals surface area contributed by atoms with Crippen molar-refractivity contribution in [3.05, 3.63) is 46.4 Å². The van der Waals surface area contributed by atoms with E-state index in [9.17, 15) is 13.2 Å². The highest BCUT2D eigenvalue weighted by Crippen LogP contribution is 2.37. The van der Waals surface area contributed by atoms with Crippen LogP contribution in [0, 0.1) is 0 Å². The Morgan fingerprint density at radius 3 is 2.39 bits per heavy atom. The zero-order valence-electron chi connectivity index (χ0n) is 9.02. The summed E-state index contributed by atoms with van der Waals surface area (Å²) < 4.78 is 36.5. The molecule has 0 amide bonds. The van der Waals surface area contributed by atoms with Crippen molar-refractivity contribution < 1.29 is 13.2 Å². The summed E-state index contributed by atoms with van der Waals surface area (Å²) >= 11 is 1.28. The summed E-state index contributed by atoms with van der Waals surface area (Å²) in [5, 5.41) is 2.55. The fourth-order valence-electron chi connectivity index (χ4n) is 1.41. The molecule has 18 heavy (non-hydrogen) atoms. The molecule has 1 atom stereocenters. The monoisotopic (exact) mass is 290 g/mol. The van der Waals surface area contributed by atoms with Gasteiger partial charge in [-0.2, -0.15) is 13.2 Å². The minimum Gasteiger partial charge on any atom is -0.318 e. The Balaban J connectivity index is 2.13. The van der Waals surface area contributed by atoms with Gasteiger partial charge < -0.3 is 5.73 Å². The molecule has 2 N–H and O–H groups in total. The van der Waals surface area contributed by atoms with Gasteiger partial charge in [0, 0.05) is 16.5 Å². The minimum atomic E-state index is -4.26. The molecule has 0 saturated heterocycles. The third-order valence-corrected chi connectivity index (χ3v) is 3.79. The highest BCUT2D eigenvalue weighted by Gasteiger charge is 2.29. The first-order valence-electron chi connectivity index (χ1n) is 4.96. The molecule has 0 saturated carbocycles. The van der Waals surface area contributed by atoms with E-state index in [1.165, 1.54) is 23.5 Å². The first-order chi connectivity index (χ1) is 8.46. The topological polar surface area (TPSA) is 38.9 Å². The zero-order valence-corrected chi connectivity index (χ0v) is 10.6. The molecule has 0 bridgehead atoms. The maximum absolute atomic E-state index is 12.2. The third-order valence-electron chi connectivity index (χ3n) is 2.19. The zero-order chi connectivity index (χ0) is 13.2. The maximum atomic E-state index is 12.2. The van der Waals surface area contributed by atoms with Crippen molar-refractivity contribution >= 4 is 23.1 Å². The second-order valence-electron chi connectivity index (χ2n) is 3.46. The van der Waals surface area contributed by atoms with Gasteiger partial charge in [-0.05, 0) is 29.5 Å². The highest BCUT2D eigenvalue weighted by molar-refractivity contribution is 8.00. The molecule has 96 valence electrons. The molecule has 0 aliphatic rings. The van der Waals surface area contributed by atoms with Crippen molar-refractivity contribution in [2.75, 3.05) is 0 Å². The lowest BCUT2D eigenvalue weighted by atomic mass is 10.1. The Labute approximate surface area is 110 Å². The van der Waals surface area contributed by atoms with Crippen LogP contribution in [-0.2, 0) is 0 Å². The van der Waals surface area contributed by atoms with Crippen LogP contribution in [0.15, 0.2) is 40.7 Å². The Kier molecular flexibility index (Phi) is 3.94. The molecule has 1 aromatic carbocycles. The number of hydrogen-bond donors (Lipinski definition) is 1. The van der Waals surface area contributed by atoms with Gasteiger partial charge in [-0.25, -0.2) is 4.98 Å². The number of halogens is 3. The van der Waals surface area contributed by atoms with Crippen molar-refractivity contribution in [1.29, 1.82) is 0 Å². The van der Waals surface area contributed by atoms with Gasteiger partial charge in [0.25, 0.3) is 0 Å². The summed E-state index contributed by atoms with van der Waals surface area (Å²) in [4.78, 5) is 4.23. The quantitative estimate of drug-likeness (QED) is 0.874. The van der Waals surface area contributed by atoms with Crippen LogP contribution in [0.3, 0.4) is 0 Å². The molecule has 0 fully saturated rings. The minimum absolute atomic E-state index is 0.135. The summed E-state index contributed by atoms with van der Waals surface area (Å²) in [6, 6.07) is 5.64. The lowest BCUT2D eigenvalue weighted by molar-refractivity contribution is -0.0328. The number of aromatic nitrogens is 1. The molecule has 2 aromatic rings. The predicted molar refractivity (Wildman–Crippen MR) is 66.5 cm³/mol. The van der Waals surface area contributed by atoms with E-state index in [0.717, 1.165) is 10.6 Å². The van der Waals surface area contributed by atoms with Crippen molar-refractivity contribution in [1.82, 2.24) is 4.98 Å². The molecule has 7 heteroatoms. The van der Waals surface area contributed by atoms with Crippen LogP contribution in [0.1, 0.15) is 16.6 Å². The summed E-state index contributed by atoms with van der Waals surface area (Å²) in [5.74, 6) is 0. The second-order valence-corrected chi connectivity index (χ2v) is 5.53. The van der Waals surface area contributed by atoms with Crippen LogP contribution in [0.25, 0.3) is 0 Å². The Bertz CT molecular complexity index is 494. The van der Waals surface area contributed by atoms with Crippen LogP contribution >= 0.6 is 23.1 Å². The van der Waals surface area contributed by atoms with E-state index < -0.39 is 11.6 Å². The Morgan fingerprint density at radius 2 is 1.89 bits per heavy atom. The standard InChI is InChI=1S/C11H9F3N2S2/c12-11(13,14)18-8-3-1-7(2-4-8)9(15)10-16-5-6-17-10/h1-6,9H,15H2. The van der Waals surface area contributed by atoms with Crippen molar-refractivity contribution in [2.45, 2.75) is 16.4 Å². The highest BCUT2D eigenvalue weighted by atomic mass is 32.2. The van der Waals surface area contributed by atoms with Crippen LogP contribution in [0.5, 0.6) is 0 Å². The van der Waals surface area contributed by atoms with Gasteiger partial charge in [-0.1, -0.05) is 12.1 Å². The number of alkyl halides is 3. The molecular weight excluding hydrogens is 281 g/mol. The molecule has 1 aromatic heterocycles. The third kappa shape index (κ3) is 3.47. The smallest absolute Gasteiger partial charge is 0.318 e. The molecule has 0 aliphatic heterocycles. The predicted octanol–water partition coefficient (Wildman–Crippen LogP) is 3.80. The van der Waals surface area contributed by atoms with Crippen molar-refractivity contribution in [2.24, 2.45) is 5.73 Å². The number of benzene rings is 1. The van der Waals surface area contributed by atoms with E-state index >= 15 is 0 Å². The number of nitrogens with zero attached hydrogens (tertiary/aromatic N) is 1. The first kappa shape index (κ1) is 13.4. The van der Waals surface area contributed by atoms with E-state index in [1.807, 2.05) is 5.38 Å². The van der Waals surface area contributed by atoms with E-state index in [-0.39, 0.29) is 16.7 Å². The van der Waals surface area contributed by atoms with E-state index in [2.05, 4.69) is 4.98 Å². The summed E-state index contributed by atoms with van der Waals surface area (Å²) in [6.45, 7) is 0. The Morgan fingerprint density at radius 1 is 1.22 bits per heavy atom. The molecule has 2 rings (SSSR count). The van der Waals surface area contributed by atoms with Gasteiger partial charge >= 0.3 is 5.51 Å². The number of thiazole rings is 1. The number of thioether (sulfide) groups is 1. The SMILES string of the molecule is NC(c1ccc(SC(F)(F)F)cc1)c1nccs1. The van der Waals surface area contributed by atoms with Crippen LogP contribution < -0.4 is 5.73 Å². The number of hydrogen-bond acceptors (Lipinski definition) is 4. The lowest BCUT2D eigenvalue weighted by Crippen LogP contribution is -2.11. The van der Waals surface area contributed by atoms with Crippen LogP contribution in [-0.4, -0.2) is 10.5 Å². The molecular formula is C11H9F3N2S2. The van der Waals surface area contributed by atoms with Gasteiger partial charge in [0.1, 0.15) is 5.01 Å². The van der Waals surface area contributed by atoms with E-state index in [4.69, 9.17) is 5.73 Å². The average Bonchev–Trinajstić information content (AvgIpc) is 2.80. The summed E-state index contributed by atoms with van der Waals surface area (Å²) in [7, 11) is 0. The lowest BCUT2D eigenvalue weighted by Gasteiger charge is -2.10. The molecule has 1 heterocycles. The maximum Gasteiger partial charge on any atom is 0.446 e. The number of nitrogens with two attached hydrogens (primary N) is 1. The normalized spacial score (nSPS) is 13.6. The van der Waals surface area contributed by atoms with Gasteiger partial charge in [-0.15, -0.1) is 11.3 Å². The molecule has 1 unspecified atom stereocenters. The van der Waals surface area contributed by atoms with Crippen molar-refractivity contribution in [3.8, 4) is 0 Å². The molecule has 0 aliphatic carbocycles. The van der Waals surface area contributed by atoms with E-state index in [0.29, 0.717) is 0 Å². The molecule has 0 spiro atoms. The molecule has 2 nitrogen and oxygen atoms in total. The largest absolute Gasteiger partial charge is 0.446 e. The number of rotatable bonds is 3. The average molecular weight is 290 g/mol. The fourth-order valence-corrected chi connectivity index (χ4v) is 2.61. The van der Waals surface area contributed by atoms with Gasteiger partial charge in [-0.3, -0.25) is 0 Å². The van der Waals surface area contributed by atoms with E-state index in [1.54, 1.807) is 18.3 Å². The second kappa shape index (κ2) is 5.29. The first-order valence-corrected chi connectivity index (χ1v) is 6.66. The van der Waals surface area contributed by atoms with Gasteiger partial charge in [0.05, 0.1) is 6.04 Å². The molecule has 0 radical (unpaired) electrons. The van der Waals surface area contributed by atoms with Gasteiger partial charge in [0.2, 0.25) is 0 Å².